The smallest absolute Gasteiger partial charge is 0.338 e. The molecule has 4 heteroatoms. The lowest BCUT2D eigenvalue weighted by molar-refractivity contribution is 0.0603. The number of hydrogen-bond acceptors (Lipinski definition) is 3. The average molecular weight is 424 g/mol. The first-order valence-electron chi connectivity index (χ1n) is 11.0. The Bertz CT molecular complexity index is 1300. The van der Waals surface area contributed by atoms with E-state index < -0.39 is 5.97 Å². The number of Topliss-reactive ketones (excluding diaryl/α,β-unsaturated/α-hetero) is 1. The first kappa shape index (κ1) is 20.3. The van der Waals surface area contributed by atoms with Crippen LogP contribution < -0.4 is 0 Å². The summed E-state index contributed by atoms with van der Waals surface area (Å²) in [6, 6.07) is 24.5. The molecule has 4 nitrogen and oxygen atoms in total. The summed E-state index contributed by atoms with van der Waals surface area (Å²) in [6.07, 6.45) is 3.02. The van der Waals surface area contributed by atoms with E-state index >= 15 is 0 Å². The number of carbonyl (C=O) groups excluding carboxylic acids is 2. The van der Waals surface area contributed by atoms with Crippen LogP contribution in [0.1, 0.15) is 61.9 Å². The molecule has 0 saturated carbocycles. The molecule has 1 heterocycles. The number of fused-ring (bicyclic) bond motifs is 3. The first-order valence-corrected chi connectivity index (χ1v) is 11.0. The lowest BCUT2D eigenvalue weighted by Gasteiger charge is -2.23. The second-order valence-corrected chi connectivity index (χ2v) is 8.43. The summed E-state index contributed by atoms with van der Waals surface area (Å²) in [4.78, 5) is 28.8. The summed E-state index contributed by atoms with van der Waals surface area (Å²) >= 11 is 0. The maximum atomic E-state index is 13.0. The van der Waals surface area contributed by atoms with Gasteiger partial charge in [0.25, 0.3) is 0 Å². The van der Waals surface area contributed by atoms with Crippen LogP contribution in [-0.2, 0) is 17.6 Å². The summed E-state index contributed by atoms with van der Waals surface area (Å²) in [7, 11) is 1.37. The second-order valence-electron chi connectivity index (χ2n) is 8.43. The van der Waals surface area contributed by atoms with E-state index in [0.29, 0.717) is 22.9 Å². The van der Waals surface area contributed by atoms with Crippen molar-refractivity contribution in [1.29, 1.82) is 0 Å². The van der Waals surface area contributed by atoms with Crippen LogP contribution in [0.15, 0.2) is 72.8 Å². The van der Waals surface area contributed by atoms with Gasteiger partial charge in [0.15, 0.2) is 5.78 Å². The summed E-state index contributed by atoms with van der Waals surface area (Å²) in [6.45, 7) is 0. The maximum Gasteiger partial charge on any atom is 0.338 e. The van der Waals surface area contributed by atoms with Crippen LogP contribution in [-0.4, -0.2) is 23.8 Å². The number of nitrogens with one attached hydrogen (secondary N) is 1. The molecule has 1 N–H and O–H groups in total. The van der Waals surface area contributed by atoms with Crippen molar-refractivity contribution in [2.24, 2.45) is 0 Å². The van der Waals surface area contributed by atoms with Crippen molar-refractivity contribution in [3.05, 3.63) is 106 Å². The molecule has 1 unspecified atom stereocenters. The largest absolute Gasteiger partial charge is 0.465 e. The van der Waals surface area contributed by atoms with E-state index in [1.165, 1.54) is 23.8 Å². The predicted octanol–water partition coefficient (Wildman–Crippen LogP) is 5.85. The summed E-state index contributed by atoms with van der Waals surface area (Å²) in [5.74, 6) is -0.130. The third-order valence-corrected chi connectivity index (χ3v) is 6.49. The van der Waals surface area contributed by atoms with Gasteiger partial charge in [-0.2, -0.15) is 0 Å². The predicted molar refractivity (Wildman–Crippen MR) is 125 cm³/mol. The number of aromatic amines is 1. The van der Waals surface area contributed by atoms with Crippen molar-refractivity contribution in [2.45, 2.75) is 31.6 Å². The number of rotatable bonds is 5. The monoisotopic (exact) mass is 423 g/mol. The number of ketones is 1. The normalized spacial score (nSPS) is 15.5. The molecule has 160 valence electrons. The Morgan fingerprint density at radius 3 is 2.50 bits per heavy atom. The number of ether oxygens (including phenoxy) is 1. The van der Waals surface area contributed by atoms with Gasteiger partial charge in [0.2, 0.25) is 0 Å². The first-order chi connectivity index (χ1) is 15.7. The lowest BCUT2D eigenvalue weighted by atomic mass is 9.81. The lowest BCUT2D eigenvalue weighted by Crippen LogP contribution is -2.18. The zero-order chi connectivity index (χ0) is 22.1. The number of esters is 1. The highest BCUT2D eigenvalue weighted by atomic mass is 16.5. The Morgan fingerprint density at radius 2 is 1.72 bits per heavy atom. The van der Waals surface area contributed by atoms with E-state index in [2.05, 4.69) is 53.5 Å². The van der Waals surface area contributed by atoms with Gasteiger partial charge < -0.3 is 9.72 Å². The van der Waals surface area contributed by atoms with Crippen LogP contribution in [0, 0.1) is 0 Å². The number of aromatic nitrogens is 1. The molecule has 5 rings (SSSR count). The highest BCUT2D eigenvalue weighted by Gasteiger charge is 2.32. The standard InChI is InChI=1S/C28H25NO3/c1-32-28(31)22-12-7-13-23-25(22)26-24(30)15-14-21(27(26)29-23)17-20-11-6-5-10-19(20)16-18-8-3-2-4-9-18/h2-13,21,29H,14-17H2,1H3. The Balaban J connectivity index is 1.54. The van der Waals surface area contributed by atoms with Crippen molar-refractivity contribution in [1.82, 2.24) is 4.98 Å². The molecule has 0 aliphatic heterocycles. The quantitative estimate of drug-likeness (QED) is 0.410. The Kier molecular flexibility index (Phi) is 5.36. The summed E-state index contributed by atoms with van der Waals surface area (Å²) in [5.41, 5.74) is 6.77. The minimum absolute atomic E-state index is 0.0939. The second kappa shape index (κ2) is 8.46. The summed E-state index contributed by atoms with van der Waals surface area (Å²) < 4.78 is 4.97. The number of benzene rings is 3. The van der Waals surface area contributed by atoms with Gasteiger partial charge in [-0.05, 0) is 48.1 Å². The van der Waals surface area contributed by atoms with E-state index in [0.717, 1.165) is 30.5 Å². The Morgan fingerprint density at radius 1 is 0.969 bits per heavy atom. The fourth-order valence-corrected chi connectivity index (χ4v) is 4.93. The molecule has 1 aliphatic rings. The SMILES string of the molecule is COC(=O)c1cccc2[nH]c3c(c12)C(=O)CCC3Cc1ccccc1Cc1ccccc1. The van der Waals surface area contributed by atoms with Gasteiger partial charge in [-0.1, -0.05) is 60.7 Å². The topological polar surface area (TPSA) is 59.2 Å². The third-order valence-electron chi connectivity index (χ3n) is 6.49. The number of methoxy groups -OCH3 is 1. The minimum atomic E-state index is -0.416. The molecule has 4 aromatic rings. The fraction of sp³-hybridized carbons (Fsp3) is 0.214. The highest BCUT2D eigenvalue weighted by molar-refractivity contribution is 6.16. The van der Waals surface area contributed by atoms with Crippen molar-refractivity contribution in [3.63, 3.8) is 0 Å². The number of carbonyl (C=O) groups is 2. The molecule has 0 radical (unpaired) electrons. The van der Waals surface area contributed by atoms with E-state index in [-0.39, 0.29) is 11.7 Å². The van der Waals surface area contributed by atoms with Crippen molar-refractivity contribution >= 4 is 22.7 Å². The Hall–Kier alpha value is -3.66. The zero-order valence-corrected chi connectivity index (χ0v) is 18.1. The third kappa shape index (κ3) is 3.62. The molecule has 0 amide bonds. The molecule has 1 atom stereocenters. The van der Waals surface area contributed by atoms with E-state index in [4.69, 9.17) is 4.74 Å². The van der Waals surface area contributed by atoms with E-state index in [1.807, 2.05) is 18.2 Å². The van der Waals surface area contributed by atoms with Crippen LogP contribution in [0.5, 0.6) is 0 Å². The molecule has 0 fully saturated rings. The van der Waals surface area contributed by atoms with Crippen LogP contribution in [0.3, 0.4) is 0 Å². The van der Waals surface area contributed by atoms with Crippen molar-refractivity contribution < 1.29 is 14.3 Å². The van der Waals surface area contributed by atoms with Gasteiger partial charge in [0.05, 0.1) is 12.7 Å². The van der Waals surface area contributed by atoms with Crippen molar-refractivity contribution in [3.8, 4) is 0 Å². The van der Waals surface area contributed by atoms with Gasteiger partial charge in [0.1, 0.15) is 0 Å². The highest BCUT2D eigenvalue weighted by Crippen LogP contribution is 2.39. The van der Waals surface area contributed by atoms with Crippen LogP contribution >= 0.6 is 0 Å². The molecule has 0 spiro atoms. The van der Waals surface area contributed by atoms with Gasteiger partial charge in [-0.3, -0.25) is 4.79 Å². The Labute approximate surface area is 187 Å². The molecule has 1 aliphatic carbocycles. The molecule has 32 heavy (non-hydrogen) atoms. The molecular weight excluding hydrogens is 398 g/mol. The van der Waals surface area contributed by atoms with Gasteiger partial charge >= 0.3 is 5.97 Å². The summed E-state index contributed by atoms with van der Waals surface area (Å²) in [5, 5.41) is 0.696. The van der Waals surface area contributed by atoms with Crippen LogP contribution in [0.4, 0.5) is 0 Å². The molecule has 0 bridgehead atoms. The van der Waals surface area contributed by atoms with Gasteiger partial charge in [0, 0.05) is 34.5 Å². The van der Waals surface area contributed by atoms with E-state index in [1.54, 1.807) is 6.07 Å². The van der Waals surface area contributed by atoms with Gasteiger partial charge in [-0.25, -0.2) is 4.79 Å². The number of H-pyrrole nitrogens is 1. The zero-order valence-electron chi connectivity index (χ0n) is 18.1. The van der Waals surface area contributed by atoms with Crippen LogP contribution in [0.25, 0.3) is 10.9 Å². The van der Waals surface area contributed by atoms with E-state index in [9.17, 15) is 9.59 Å². The molecule has 3 aromatic carbocycles. The molecule has 0 saturated heterocycles. The van der Waals surface area contributed by atoms with Crippen molar-refractivity contribution in [2.75, 3.05) is 7.11 Å². The fourth-order valence-electron chi connectivity index (χ4n) is 4.93. The molecule has 1 aromatic heterocycles. The van der Waals surface area contributed by atoms with Gasteiger partial charge in [-0.15, -0.1) is 0 Å². The maximum absolute atomic E-state index is 13.0. The average Bonchev–Trinajstić information content (AvgIpc) is 3.23. The molecular formula is C28H25NO3. The van der Waals surface area contributed by atoms with Crippen LogP contribution in [0.2, 0.25) is 0 Å². The minimum Gasteiger partial charge on any atom is -0.465 e. The number of hydrogen-bond donors (Lipinski definition) is 1.